The predicted molar refractivity (Wildman–Crippen MR) is 68.8 cm³/mol. The van der Waals surface area contributed by atoms with Crippen LogP contribution in [-0.2, 0) is 15.9 Å². The zero-order chi connectivity index (χ0) is 12.6. The average Bonchev–Trinajstić information content (AvgIpc) is 2.88. The molecular formula is C11H19N3O3S. The van der Waals surface area contributed by atoms with Crippen molar-refractivity contribution in [1.82, 2.24) is 15.5 Å². The first-order chi connectivity index (χ1) is 8.90. The fourth-order valence-electron chi connectivity index (χ4n) is 1.64. The standard InChI is InChI=1S/C11H19N3O3S/c1-15-5-6-16-4-2-10-13-11(17-14-10)9-8-18-7-3-12-9/h9,12H,2-8H2,1H3. The highest BCUT2D eigenvalue weighted by molar-refractivity contribution is 7.99. The number of hydrogen-bond acceptors (Lipinski definition) is 7. The van der Waals surface area contributed by atoms with Crippen molar-refractivity contribution >= 4 is 11.8 Å². The van der Waals surface area contributed by atoms with Crippen molar-refractivity contribution in [3.05, 3.63) is 11.7 Å². The van der Waals surface area contributed by atoms with Gasteiger partial charge in [-0.25, -0.2) is 0 Å². The second-order valence-electron chi connectivity index (χ2n) is 3.99. The summed E-state index contributed by atoms with van der Waals surface area (Å²) in [5, 5.41) is 7.33. The van der Waals surface area contributed by atoms with Gasteiger partial charge in [-0.15, -0.1) is 0 Å². The highest BCUT2D eigenvalue weighted by Gasteiger charge is 2.21. The summed E-state index contributed by atoms with van der Waals surface area (Å²) in [5.74, 6) is 3.53. The van der Waals surface area contributed by atoms with Crippen molar-refractivity contribution in [3.63, 3.8) is 0 Å². The monoisotopic (exact) mass is 273 g/mol. The van der Waals surface area contributed by atoms with Crippen LogP contribution in [0.15, 0.2) is 4.52 Å². The van der Waals surface area contributed by atoms with Crippen LogP contribution in [0.25, 0.3) is 0 Å². The second-order valence-corrected chi connectivity index (χ2v) is 5.14. The number of nitrogens with zero attached hydrogens (tertiary/aromatic N) is 2. The molecule has 2 rings (SSSR count). The molecular weight excluding hydrogens is 254 g/mol. The maximum absolute atomic E-state index is 5.37. The Labute approximate surface area is 111 Å². The lowest BCUT2D eigenvalue weighted by Gasteiger charge is -2.19. The highest BCUT2D eigenvalue weighted by Crippen LogP contribution is 2.20. The summed E-state index contributed by atoms with van der Waals surface area (Å²) in [5.41, 5.74) is 0. The van der Waals surface area contributed by atoms with E-state index in [9.17, 15) is 0 Å². The normalized spacial score (nSPS) is 20.2. The minimum absolute atomic E-state index is 0.194. The van der Waals surface area contributed by atoms with E-state index >= 15 is 0 Å². The van der Waals surface area contributed by atoms with Crippen LogP contribution in [0.3, 0.4) is 0 Å². The second kappa shape index (κ2) is 7.73. The molecule has 0 radical (unpaired) electrons. The average molecular weight is 273 g/mol. The molecule has 6 nitrogen and oxygen atoms in total. The van der Waals surface area contributed by atoms with Crippen LogP contribution in [-0.4, -0.2) is 55.1 Å². The Kier molecular flexibility index (Phi) is 5.92. The van der Waals surface area contributed by atoms with Gasteiger partial charge in [0.05, 0.1) is 25.9 Å². The molecule has 0 saturated carbocycles. The Morgan fingerprint density at radius 2 is 2.39 bits per heavy atom. The molecule has 2 heterocycles. The number of methoxy groups -OCH3 is 1. The maximum Gasteiger partial charge on any atom is 0.244 e. The van der Waals surface area contributed by atoms with Gasteiger partial charge in [0.1, 0.15) is 0 Å². The maximum atomic E-state index is 5.37. The molecule has 0 aromatic carbocycles. The molecule has 1 unspecified atom stereocenters. The quantitative estimate of drug-likeness (QED) is 0.731. The molecule has 0 amide bonds. The van der Waals surface area contributed by atoms with Crippen LogP contribution >= 0.6 is 11.8 Å². The van der Waals surface area contributed by atoms with Gasteiger partial charge in [0, 0.05) is 31.6 Å². The Hall–Kier alpha value is -0.630. The topological polar surface area (TPSA) is 69.4 Å². The Balaban J connectivity index is 1.72. The van der Waals surface area contributed by atoms with Gasteiger partial charge in [0.25, 0.3) is 0 Å². The predicted octanol–water partition coefficient (Wildman–Crippen LogP) is 0.653. The summed E-state index contributed by atoms with van der Waals surface area (Å²) in [6.07, 6.45) is 0.674. The number of nitrogens with one attached hydrogen (secondary N) is 1. The molecule has 1 atom stereocenters. The van der Waals surface area contributed by atoms with E-state index in [2.05, 4.69) is 15.5 Å². The molecule has 1 aromatic heterocycles. The Morgan fingerprint density at radius 1 is 1.44 bits per heavy atom. The lowest BCUT2D eigenvalue weighted by Crippen LogP contribution is -2.30. The van der Waals surface area contributed by atoms with Crippen molar-refractivity contribution in [1.29, 1.82) is 0 Å². The van der Waals surface area contributed by atoms with Crippen LogP contribution in [0, 0.1) is 0 Å². The molecule has 7 heteroatoms. The largest absolute Gasteiger partial charge is 0.382 e. The number of hydrogen-bond donors (Lipinski definition) is 1. The zero-order valence-electron chi connectivity index (χ0n) is 10.6. The summed E-state index contributed by atoms with van der Waals surface area (Å²) < 4.78 is 15.5. The summed E-state index contributed by atoms with van der Waals surface area (Å²) in [6.45, 7) is 2.80. The first kappa shape index (κ1) is 13.8. The van der Waals surface area contributed by atoms with Crippen molar-refractivity contribution in [3.8, 4) is 0 Å². The summed E-state index contributed by atoms with van der Waals surface area (Å²) in [7, 11) is 1.66. The molecule has 1 aromatic rings. The third-order valence-electron chi connectivity index (χ3n) is 2.61. The lowest BCUT2D eigenvalue weighted by molar-refractivity contribution is 0.0714. The van der Waals surface area contributed by atoms with Gasteiger partial charge >= 0.3 is 0 Å². The van der Waals surface area contributed by atoms with Gasteiger partial charge in [0.15, 0.2) is 5.82 Å². The van der Waals surface area contributed by atoms with Crippen molar-refractivity contribution in [2.75, 3.05) is 45.0 Å². The summed E-state index contributed by atoms with van der Waals surface area (Å²) >= 11 is 1.91. The minimum Gasteiger partial charge on any atom is -0.382 e. The first-order valence-corrected chi connectivity index (χ1v) is 7.26. The number of ether oxygens (including phenoxy) is 2. The van der Waals surface area contributed by atoms with E-state index < -0.39 is 0 Å². The third-order valence-corrected chi connectivity index (χ3v) is 3.67. The lowest BCUT2D eigenvalue weighted by atomic mass is 10.3. The van der Waals surface area contributed by atoms with Crippen LogP contribution in [0.5, 0.6) is 0 Å². The third kappa shape index (κ3) is 4.24. The molecule has 0 bridgehead atoms. The van der Waals surface area contributed by atoms with Gasteiger partial charge in [-0.2, -0.15) is 16.7 Å². The van der Waals surface area contributed by atoms with E-state index in [-0.39, 0.29) is 6.04 Å². The van der Waals surface area contributed by atoms with Gasteiger partial charge in [-0.3, -0.25) is 0 Å². The van der Waals surface area contributed by atoms with Crippen molar-refractivity contribution in [2.45, 2.75) is 12.5 Å². The van der Waals surface area contributed by atoms with E-state index in [1.165, 1.54) is 0 Å². The number of aromatic nitrogens is 2. The van der Waals surface area contributed by atoms with Crippen LogP contribution in [0.2, 0.25) is 0 Å². The van der Waals surface area contributed by atoms with E-state index in [4.69, 9.17) is 14.0 Å². The molecule has 0 spiro atoms. The van der Waals surface area contributed by atoms with E-state index in [1.807, 2.05) is 11.8 Å². The zero-order valence-corrected chi connectivity index (χ0v) is 11.4. The van der Waals surface area contributed by atoms with Crippen molar-refractivity contribution in [2.24, 2.45) is 0 Å². The van der Waals surface area contributed by atoms with E-state index in [0.29, 0.717) is 38.0 Å². The Morgan fingerprint density at radius 3 is 3.17 bits per heavy atom. The SMILES string of the molecule is COCCOCCc1noc(C2CSCCN2)n1. The molecule has 18 heavy (non-hydrogen) atoms. The van der Waals surface area contributed by atoms with Gasteiger partial charge < -0.3 is 19.3 Å². The molecule has 1 fully saturated rings. The minimum atomic E-state index is 0.194. The molecule has 1 aliphatic heterocycles. The van der Waals surface area contributed by atoms with E-state index in [1.54, 1.807) is 7.11 Å². The van der Waals surface area contributed by atoms with Gasteiger partial charge in [-0.1, -0.05) is 5.16 Å². The molecule has 1 saturated heterocycles. The van der Waals surface area contributed by atoms with E-state index in [0.717, 1.165) is 18.1 Å². The summed E-state index contributed by atoms with van der Waals surface area (Å²) in [6, 6.07) is 0.194. The highest BCUT2D eigenvalue weighted by atomic mass is 32.2. The van der Waals surface area contributed by atoms with Crippen LogP contribution in [0.1, 0.15) is 17.8 Å². The molecule has 102 valence electrons. The molecule has 0 aliphatic carbocycles. The summed E-state index contributed by atoms with van der Waals surface area (Å²) in [4.78, 5) is 4.39. The Bertz CT molecular complexity index is 342. The van der Waals surface area contributed by atoms with Crippen LogP contribution in [0.4, 0.5) is 0 Å². The smallest absolute Gasteiger partial charge is 0.244 e. The number of thioether (sulfide) groups is 1. The van der Waals surface area contributed by atoms with Gasteiger partial charge in [0.2, 0.25) is 5.89 Å². The fourth-order valence-corrected chi connectivity index (χ4v) is 2.57. The fraction of sp³-hybridized carbons (Fsp3) is 0.818. The van der Waals surface area contributed by atoms with Crippen LogP contribution < -0.4 is 5.32 Å². The number of rotatable bonds is 7. The molecule has 1 N–H and O–H groups in total. The molecule has 1 aliphatic rings. The first-order valence-electron chi connectivity index (χ1n) is 6.10. The van der Waals surface area contributed by atoms with Crippen molar-refractivity contribution < 1.29 is 14.0 Å². The van der Waals surface area contributed by atoms with Gasteiger partial charge in [-0.05, 0) is 0 Å².